The van der Waals surface area contributed by atoms with E-state index in [-0.39, 0.29) is 18.6 Å². The third-order valence-corrected chi connectivity index (χ3v) is 2.40. The minimum Gasteiger partial charge on any atom is -0.396 e. The molecular formula is C8H15IN2O. The van der Waals surface area contributed by atoms with Gasteiger partial charge in [0.1, 0.15) is 0 Å². The highest BCUT2D eigenvalue weighted by Gasteiger charge is 2.11. The third kappa shape index (κ3) is 4.84. The Bertz CT molecular complexity index is 168. The molecule has 12 heavy (non-hydrogen) atoms. The summed E-state index contributed by atoms with van der Waals surface area (Å²) in [5, 5.41) is 8.90. The van der Waals surface area contributed by atoms with Crippen molar-refractivity contribution in [3.63, 3.8) is 0 Å². The lowest BCUT2D eigenvalue weighted by molar-refractivity contribution is 0.214. The molecule has 4 heteroatoms. The van der Waals surface area contributed by atoms with Gasteiger partial charge in [-0.05, 0) is 35.6 Å². The van der Waals surface area contributed by atoms with Crippen LogP contribution >= 0.6 is 22.6 Å². The van der Waals surface area contributed by atoms with Crippen LogP contribution in [0.3, 0.4) is 0 Å². The SMILES string of the molecule is C=CC(I)=NCC(CO)C(C)N. The van der Waals surface area contributed by atoms with Crippen molar-refractivity contribution in [3.05, 3.63) is 12.7 Å². The van der Waals surface area contributed by atoms with Crippen molar-refractivity contribution in [3.8, 4) is 0 Å². The van der Waals surface area contributed by atoms with E-state index in [1.807, 2.05) is 6.92 Å². The van der Waals surface area contributed by atoms with Gasteiger partial charge in [0, 0.05) is 25.1 Å². The predicted molar refractivity (Wildman–Crippen MR) is 60.7 cm³/mol. The molecule has 0 fully saturated rings. The molecule has 0 amide bonds. The lowest BCUT2D eigenvalue weighted by Crippen LogP contribution is -2.31. The number of nitrogens with zero attached hydrogens (tertiary/aromatic N) is 1. The van der Waals surface area contributed by atoms with E-state index >= 15 is 0 Å². The molecule has 0 heterocycles. The quantitative estimate of drug-likeness (QED) is 0.583. The summed E-state index contributed by atoms with van der Waals surface area (Å²) in [5.74, 6) is 0.0507. The molecule has 3 nitrogen and oxygen atoms in total. The summed E-state index contributed by atoms with van der Waals surface area (Å²) in [5.41, 5.74) is 5.62. The fraction of sp³-hybridized carbons (Fsp3) is 0.625. The van der Waals surface area contributed by atoms with Crippen LogP contribution < -0.4 is 5.73 Å². The average molecular weight is 282 g/mol. The summed E-state index contributed by atoms with van der Waals surface area (Å²) in [6.07, 6.45) is 1.68. The molecule has 0 aliphatic rings. The molecule has 70 valence electrons. The highest BCUT2D eigenvalue weighted by atomic mass is 127. The minimum atomic E-state index is -0.0206. The Morgan fingerprint density at radius 1 is 1.83 bits per heavy atom. The maximum atomic E-state index is 8.90. The van der Waals surface area contributed by atoms with E-state index in [2.05, 4.69) is 34.2 Å². The third-order valence-electron chi connectivity index (χ3n) is 1.62. The normalized spacial score (nSPS) is 17.2. The van der Waals surface area contributed by atoms with E-state index in [0.717, 1.165) is 3.72 Å². The molecule has 0 saturated heterocycles. The predicted octanol–water partition coefficient (Wildman–Crippen LogP) is 0.962. The highest BCUT2D eigenvalue weighted by Crippen LogP contribution is 2.02. The number of aliphatic hydroxyl groups is 1. The Kier molecular flexibility index (Phi) is 6.60. The maximum Gasteiger partial charge on any atom is 0.0948 e. The summed E-state index contributed by atoms with van der Waals surface area (Å²) < 4.78 is 0.853. The molecular weight excluding hydrogens is 267 g/mol. The molecule has 0 saturated carbocycles. The van der Waals surface area contributed by atoms with Gasteiger partial charge in [-0.25, -0.2) is 0 Å². The molecule has 0 aliphatic heterocycles. The minimum absolute atomic E-state index is 0.0206. The Morgan fingerprint density at radius 3 is 2.75 bits per heavy atom. The van der Waals surface area contributed by atoms with Crippen molar-refractivity contribution in [1.29, 1.82) is 0 Å². The van der Waals surface area contributed by atoms with Gasteiger partial charge in [-0.15, -0.1) is 0 Å². The van der Waals surface area contributed by atoms with E-state index in [1.54, 1.807) is 6.08 Å². The van der Waals surface area contributed by atoms with E-state index in [0.29, 0.717) is 6.54 Å². The van der Waals surface area contributed by atoms with Crippen LogP contribution in [0, 0.1) is 5.92 Å². The number of hydrogen-bond acceptors (Lipinski definition) is 3. The summed E-state index contributed by atoms with van der Waals surface area (Å²) in [6, 6.07) is -0.0206. The highest BCUT2D eigenvalue weighted by molar-refractivity contribution is 14.1. The second kappa shape index (κ2) is 6.56. The summed E-state index contributed by atoms with van der Waals surface area (Å²) in [7, 11) is 0. The van der Waals surface area contributed by atoms with Crippen molar-refractivity contribution in [1.82, 2.24) is 0 Å². The Labute approximate surface area is 86.9 Å². The smallest absolute Gasteiger partial charge is 0.0948 e. The summed E-state index contributed by atoms with van der Waals surface area (Å²) in [4.78, 5) is 4.18. The van der Waals surface area contributed by atoms with Crippen LogP contribution in [0.25, 0.3) is 0 Å². The van der Waals surface area contributed by atoms with Gasteiger partial charge in [0.05, 0.1) is 3.72 Å². The zero-order valence-electron chi connectivity index (χ0n) is 7.20. The largest absolute Gasteiger partial charge is 0.396 e. The zero-order chi connectivity index (χ0) is 9.56. The van der Waals surface area contributed by atoms with Crippen molar-refractivity contribution < 1.29 is 5.11 Å². The van der Waals surface area contributed by atoms with Gasteiger partial charge in [0.2, 0.25) is 0 Å². The first-order chi connectivity index (χ1) is 5.61. The molecule has 0 aromatic carbocycles. The number of allylic oxidation sites excluding steroid dienone is 1. The standard InChI is InChI=1S/C8H15IN2O/c1-3-8(9)11-4-7(5-12)6(2)10/h3,6-7,12H,1,4-5,10H2,2H3. The van der Waals surface area contributed by atoms with Gasteiger partial charge in [-0.3, -0.25) is 4.99 Å². The van der Waals surface area contributed by atoms with Crippen molar-refractivity contribution in [2.75, 3.05) is 13.2 Å². The number of halogens is 1. The molecule has 0 aliphatic carbocycles. The molecule has 0 spiro atoms. The second-order valence-corrected chi connectivity index (χ2v) is 3.77. The van der Waals surface area contributed by atoms with E-state index in [4.69, 9.17) is 10.8 Å². The monoisotopic (exact) mass is 282 g/mol. The van der Waals surface area contributed by atoms with Gasteiger partial charge in [-0.2, -0.15) is 0 Å². The first kappa shape index (κ1) is 12.1. The van der Waals surface area contributed by atoms with E-state index in [1.165, 1.54) is 0 Å². The molecule has 0 radical (unpaired) electrons. The van der Waals surface area contributed by atoms with E-state index < -0.39 is 0 Å². The fourth-order valence-corrected chi connectivity index (χ4v) is 0.856. The molecule has 2 atom stereocenters. The summed E-state index contributed by atoms with van der Waals surface area (Å²) in [6.45, 7) is 6.10. The van der Waals surface area contributed by atoms with Crippen molar-refractivity contribution in [2.45, 2.75) is 13.0 Å². The average Bonchev–Trinajstić information content (AvgIpc) is 2.04. The number of aliphatic imine (C=N–C) groups is 1. The molecule has 0 rings (SSSR count). The number of rotatable bonds is 5. The lowest BCUT2D eigenvalue weighted by Gasteiger charge is -2.15. The van der Waals surface area contributed by atoms with Crippen LogP contribution in [-0.2, 0) is 0 Å². The maximum absolute atomic E-state index is 8.90. The fourth-order valence-electron chi connectivity index (χ4n) is 0.659. The molecule has 3 N–H and O–H groups in total. The number of hydrogen-bond donors (Lipinski definition) is 2. The Hall–Kier alpha value is 0.0600. The van der Waals surface area contributed by atoms with Gasteiger partial charge >= 0.3 is 0 Å². The topological polar surface area (TPSA) is 58.6 Å². The number of nitrogens with two attached hydrogens (primary N) is 1. The van der Waals surface area contributed by atoms with Crippen LogP contribution in [0.15, 0.2) is 17.6 Å². The molecule has 0 aromatic heterocycles. The number of aliphatic hydroxyl groups excluding tert-OH is 1. The molecule has 0 bridgehead atoms. The lowest BCUT2D eigenvalue weighted by atomic mass is 10.0. The van der Waals surface area contributed by atoms with Crippen LogP contribution in [0.1, 0.15) is 6.92 Å². The molecule has 0 aromatic rings. The van der Waals surface area contributed by atoms with Crippen LogP contribution in [0.5, 0.6) is 0 Å². The zero-order valence-corrected chi connectivity index (χ0v) is 9.36. The van der Waals surface area contributed by atoms with Crippen molar-refractivity contribution >= 4 is 26.3 Å². The van der Waals surface area contributed by atoms with Gasteiger partial charge in [-0.1, -0.05) is 6.58 Å². The van der Waals surface area contributed by atoms with E-state index in [9.17, 15) is 0 Å². The van der Waals surface area contributed by atoms with Gasteiger partial charge in [0.15, 0.2) is 0 Å². The molecule has 2 unspecified atom stereocenters. The second-order valence-electron chi connectivity index (χ2n) is 2.67. The first-order valence-corrected chi connectivity index (χ1v) is 4.88. The van der Waals surface area contributed by atoms with Crippen LogP contribution in [-0.4, -0.2) is 28.0 Å². The van der Waals surface area contributed by atoms with Gasteiger partial charge in [0.25, 0.3) is 0 Å². The van der Waals surface area contributed by atoms with Crippen LogP contribution in [0.4, 0.5) is 0 Å². The summed E-state index contributed by atoms with van der Waals surface area (Å²) >= 11 is 2.09. The first-order valence-electron chi connectivity index (χ1n) is 3.80. The van der Waals surface area contributed by atoms with Crippen LogP contribution in [0.2, 0.25) is 0 Å². The Balaban J connectivity index is 3.95. The van der Waals surface area contributed by atoms with Crippen molar-refractivity contribution in [2.24, 2.45) is 16.6 Å². The van der Waals surface area contributed by atoms with Gasteiger partial charge < -0.3 is 10.8 Å². The Morgan fingerprint density at radius 2 is 2.42 bits per heavy atom.